The summed E-state index contributed by atoms with van der Waals surface area (Å²) in [6, 6.07) is 27.2. The fraction of sp³-hybridized carbons (Fsp3) is 0.234. The monoisotopic (exact) mass is 944 g/mol. The van der Waals surface area contributed by atoms with E-state index in [2.05, 4.69) is 48.7 Å². The minimum absolute atomic E-state index is 0.234. The van der Waals surface area contributed by atoms with E-state index in [1.54, 1.807) is 111 Å². The number of amides is 4. The van der Waals surface area contributed by atoms with Crippen LogP contribution in [0.1, 0.15) is 52.6 Å². The van der Waals surface area contributed by atoms with Gasteiger partial charge in [-0.25, -0.2) is 0 Å². The molecule has 4 aromatic carbocycles. The lowest BCUT2D eigenvalue weighted by Gasteiger charge is -2.34. The Hall–Kier alpha value is -7.38. The number of carbonyl (C=O) groups is 4. The van der Waals surface area contributed by atoms with Crippen molar-refractivity contribution in [2.75, 3.05) is 80.7 Å². The molecular formula is C47H50Cl2N14O4. The van der Waals surface area contributed by atoms with Gasteiger partial charge in [0.25, 0.3) is 23.6 Å². The van der Waals surface area contributed by atoms with Crippen LogP contribution in [-0.2, 0) is 14.1 Å². The summed E-state index contributed by atoms with van der Waals surface area (Å²) in [6.45, 7) is 6.70. The van der Waals surface area contributed by atoms with Gasteiger partial charge in [0.2, 0.25) is 0 Å². The zero-order valence-electron chi connectivity index (χ0n) is 37.1. The number of halogens is 2. The topological polar surface area (TPSA) is 221 Å². The standard InChI is InChI=1S/C24H26ClN7O2.C23H24ClN7O2/c1-30-11-13-32(14-12-30)21(26)16-3-5-17(6-4-16)23(33)29-22-20(15-27-31(22)2)24(34)28-19-9-7-18(25)8-10-19;1-30-21(19(14-27-30)23(33)28-18-8-6-17(24)7-9-18)29-22(32)16-4-2-15(3-5-16)20(25)31-12-10-26-11-13-31/h3-10,15,26H,11-14H2,1-2H3,(H,28,34)(H,29,33);2-9,14,25-26H,10-13H2,1H3,(H,28,33)(H,29,32). The lowest BCUT2D eigenvalue weighted by Crippen LogP contribution is -2.47. The molecule has 0 radical (unpaired) electrons. The van der Waals surface area contributed by atoms with Crippen LogP contribution in [0.15, 0.2) is 109 Å². The Morgan fingerprint density at radius 2 is 0.851 bits per heavy atom. The van der Waals surface area contributed by atoms with E-state index in [9.17, 15) is 19.2 Å². The second-order valence-corrected chi connectivity index (χ2v) is 16.6. The lowest BCUT2D eigenvalue weighted by atomic mass is 10.1. The van der Waals surface area contributed by atoms with E-state index in [0.717, 1.165) is 63.5 Å². The molecule has 7 N–H and O–H groups in total. The zero-order valence-corrected chi connectivity index (χ0v) is 38.6. The van der Waals surface area contributed by atoms with Gasteiger partial charge in [0, 0.05) is 110 Å². The summed E-state index contributed by atoms with van der Waals surface area (Å²) in [5, 5.41) is 40.6. The van der Waals surface area contributed by atoms with Gasteiger partial charge in [-0.2, -0.15) is 10.2 Å². The molecule has 0 bridgehead atoms. The van der Waals surface area contributed by atoms with Gasteiger partial charge in [0.1, 0.15) is 34.4 Å². The highest BCUT2D eigenvalue weighted by Crippen LogP contribution is 2.22. The lowest BCUT2D eigenvalue weighted by molar-refractivity contribution is 0.101. The highest BCUT2D eigenvalue weighted by molar-refractivity contribution is 6.31. The van der Waals surface area contributed by atoms with E-state index in [0.29, 0.717) is 44.2 Å². The number of carbonyl (C=O) groups excluding carboxylic acids is 4. The predicted octanol–water partition coefficient (Wildman–Crippen LogP) is 5.96. The van der Waals surface area contributed by atoms with Gasteiger partial charge in [-0.05, 0) is 79.8 Å². The minimum atomic E-state index is -0.402. The van der Waals surface area contributed by atoms with Gasteiger partial charge in [-0.15, -0.1) is 0 Å². The number of aromatic nitrogens is 4. The SMILES string of the molecule is CN1CCN(C(=N)c2ccc(C(=O)Nc3c(C(=O)Nc4ccc(Cl)cc4)cnn3C)cc2)CC1.Cn1ncc(C(=O)Nc2ccc(Cl)cc2)c1NC(=O)c1ccc(C(=N)N2CCNCC2)cc1. The molecule has 6 aromatic rings. The molecule has 2 aliphatic heterocycles. The normalized spacial score (nSPS) is 13.7. The maximum Gasteiger partial charge on any atom is 0.261 e. The highest BCUT2D eigenvalue weighted by Gasteiger charge is 2.23. The number of anilines is 4. The third-order valence-corrected chi connectivity index (χ3v) is 11.6. The quantitative estimate of drug-likeness (QED) is 0.0631. The molecule has 0 spiro atoms. The summed E-state index contributed by atoms with van der Waals surface area (Å²) < 4.78 is 2.87. The summed E-state index contributed by atoms with van der Waals surface area (Å²) in [6.07, 6.45) is 2.81. The molecule has 2 aliphatic rings. The Bertz CT molecular complexity index is 2740. The molecule has 8 rings (SSSR count). The molecule has 4 amide bonds. The largest absolute Gasteiger partial charge is 0.354 e. The minimum Gasteiger partial charge on any atom is -0.354 e. The number of nitrogens with zero attached hydrogens (tertiary/aromatic N) is 7. The van der Waals surface area contributed by atoms with Crippen LogP contribution < -0.4 is 26.6 Å². The first-order valence-electron chi connectivity index (χ1n) is 21.3. The molecule has 2 fully saturated rings. The Morgan fingerprint density at radius 1 is 0.493 bits per heavy atom. The van der Waals surface area contributed by atoms with E-state index in [1.165, 1.54) is 21.8 Å². The summed E-state index contributed by atoms with van der Waals surface area (Å²) >= 11 is 11.8. The van der Waals surface area contributed by atoms with Crippen molar-refractivity contribution in [3.63, 3.8) is 0 Å². The van der Waals surface area contributed by atoms with Crippen molar-refractivity contribution >= 4 is 81.5 Å². The number of hydrogen-bond acceptors (Lipinski definition) is 10. The van der Waals surface area contributed by atoms with Crippen molar-refractivity contribution in [2.24, 2.45) is 14.1 Å². The van der Waals surface area contributed by atoms with Gasteiger partial charge >= 0.3 is 0 Å². The Morgan fingerprint density at radius 3 is 1.24 bits per heavy atom. The first-order chi connectivity index (χ1) is 32.2. The average Bonchev–Trinajstić information content (AvgIpc) is 3.90. The molecule has 20 heteroatoms. The van der Waals surface area contributed by atoms with E-state index in [-0.39, 0.29) is 34.6 Å². The summed E-state index contributed by atoms with van der Waals surface area (Å²) in [5.74, 6) is -0.0950. The first-order valence-corrected chi connectivity index (χ1v) is 22.1. The fourth-order valence-electron chi connectivity index (χ4n) is 7.17. The number of benzene rings is 4. The molecule has 0 saturated carbocycles. The van der Waals surface area contributed by atoms with E-state index < -0.39 is 11.8 Å². The number of likely N-dealkylation sites (N-methyl/N-ethyl adjacent to an activating group) is 1. The first kappa shape index (κ1) is 47.6. The number of nitrogens with one attached hydrogen (secondary N) is 7. The van der Waals surface area contributed by atoms with Crippen molar-refractivity contribution in [2.45, 2.75) is 0 Å². The van der Waals surface area contributed by atoms with Crippen LogP contribution in [0.5, 0.6) is 0 Å². The van der Waals surface area contributed by atoms with Crippen LogP contribution in [0.4, 0.5) is 23.0 Å². The summed E-state index contributed by atoms with van der Waals surface area (Å²) in [7, 11) is 5.37. The van der Waals surface area contributed by atoms with Gasteiger partial charge in [0.15, 0.2) is 0 Å². The van der Waals surface area contributed by atoms with Crippen LogP contribution >= 0.6 is 23.2 Å². The van der Waals surface area contributed by atoms with Gasteiger partial charge in [0.05, 0.1) is 12.4 Å². The third kappa shape index (κ3) is 12.1. The number of rotatable bonds is 10. The molecule has 346 valence electrons. The van der Waals surface area contributed by atoms with Crippen molar-refractivity contribution < 1.29 is 19.2 Å². The van der Waals surface area contributed by atoms with Crippen LogP contribution in [0, 0.1) is 10.8 Å². The Kier molecular flexibility index (Phi) is 15.4. The molecule has 2 saturated heterocycles. The van der Waals surface area contributed by atoms with Crippen LogP contribution in [0.25, 0.3) is 0 Å². The molecule has 2 aromatic heterocycles. The van der Waals surface area contributed by atoms with Crippen molar-refractivity contribution in [3.05, 3.63) is 153 Å². The van der Waals surface area contributed by atoms with Gasteiger partial charge in [-0.1, -0.05) is 47.5 Å². The predicted molar refractivity (Wildman–Crippen MR) is 261 cm³/mol. The van der Waals surface area contributed by atoms with Crippen LogP contribution in [-0.4, -0.2) is 129 Å². The molecule has 18 nitrogen and oxygen atoms in total. The highest BCUT2D eigenvalue weighted by atomic mass is 35.5. The molecular weight excluding hydrogens is 896 g/mol. The van der Waals surface area contributed by atoms with Crippen LogP contribution in [0.3, 0.4) is 0 Å². The maximum atomic E-state index is 12.9. The molecule has 0 atom stereocenters. The summed E-state index contributed by atoms with van der Waals surface area (Å²) in [5.41, 5.74) is 3.96. The molecule has 0 unspecified atom stereocenters. The van der Waals surface area contributed by atoms with E-state index in [4.69, 9.17) is 34.0 Å². The number of aryl methyl sites for hydroxylation is 2. The average molecular weight is 946 g/mol. The molecule has 0 aliphatic carbocycles. The molecule has 67 heavy (non-hydrogen) atoms. The second-order valence-electron chi connectivity index (χ2n) is 15.8. The van der Waals surface area contributed by atoms with Gasteiger partial charge in [-0.3, -0.25) is 39.4 Å². The van der Waals surface area contributed by atoms with E-state index in [1.807, 2.05) is 9.80 Å². The number of amidine groups is 2. The maximum absolute atomic E-state index is 12.9. The zero-order chi connectivity index (χ0) is 47.6. The van der Waals surface area contributed by atoms with Gasteiger partial charge < -0.3 is 41.3 Å². The number of hydrogen-bond donors (Lipinski definition) is 7. The number of piperazine rings is 2. The van der Waals surface area contributed by atoms with Crippen LogP contribution in [0.2, 0.25) is 10.0 Å². The van der Waals surface area contributed by atoms with Crippen molar-refractivity contribution in [3.8, 4) is 0 Å². The van der Waals surface area contributed by atoms with Crippen molar-refractivity contribution in [1.82, 2.24) is 39.6 Å². The molecule has 4 heterocycles. The fourth-order valence-corrected chi connectivity index (χ4v) is 7.42. The van der Waals surface area contributed by atoms with Crippen molar-refractivity contribution in [1.29, 1.82) is 10.8 Å². The van der Waals surface area contributed by atoms with E-state index >= 15 is 0 Å². The summed E-state index contributed by atoms with van der Waals surface area (Å²) in [4.78, 5) is 57.5. The Labute approximate surface area is 397 Å². The Balaban J connectivity index is 0.000000199. The second kappa shape index (κ2) is 21.7. The third-order valence-electron chi connectivity index (χ3n) is 11.1. The smallest absolute Gasteiger partial charge is 0.261 e.